The van der Waals surface area contributed by atoms with Crippen LogP contribution in [0.1, 0.15) is 5.56 Å². The van der Waals surface area contributed by atoms with Crippen molar-refractivity contribution in [3.8, 4) is 17.5 Å². The minimum Gasteiger partial charge on any atom is -0.478 e. The lowest BCUT2D eigenvalue weighted by Gasteiger charge is -2.14. The lowest BCUT2D eigenvalue weighted by atomic mass is 10.1. The van der Waals surface area contributed by atoms with Gasteiger partial charge >= 0.3 is 0 Å². The number of benzene rings is 2. The van der Waals surface area contributed by atoms with Gasteiger partial charge in [0.1, 0.15) is 10.6 Å². The summed E-state index contributed by atoms with van der Waals surface area (Å²) in [7, 11) is -2.88. The normalized spacial score (nSPS) is 10.9. The fourth-order valence-electron chi connectivity index (χ4n) is 2.50. The van der Waals surface area contributed by atoms with Gasteiger partial charge in [-0.3, -0.25) is 4.72 Å². The van der Waals surface area contributed by atoms with E-state index in [2.05, 4.69) is 14.7 Å². The molecule has 3 aromatic rings. The number of rotatable bonds is 8. The summed E-state index contributed by atoms with van der Waals surface area (Å²) in [6.07, 6.45) is 0.514. The van der Waals surface area contributed by atoms with Crippen LogP contribution in [-0.4, -0.2) is 37.2 Å². The minimum atomic E-state index is -4.17. The molecule has 3 rings (SSSR count). The fourth-order valence-corrected chi connectivity index (χ4v) is 4.43. The number of hydrogen-bond acceptors (Lipinski definition) is 8. The van der Waals surface area contributed by atoms with Crippen molar-refractivity contribution in [2.45, 2.75) is 11.3 Å². The number of halogens is 3. The summed E-state index contributed by atoms with van der Waals surface area (Å²) in [5.41, 5.74) is 0.925. The van der Waals surface area contributed by atoms with E-state index >= 15 is 0 Å². The van der Waals surface area contributed by atoms with E-state index < -0.39 is 10.0 Å². The van der Waals surface area contributed by atoms with E-state index in [1.54, 1.807) is 24.3 Å². The molecule has 0 radical (unpaired) electrons. The van der Waals surface area contributed by atoms with Gasteiger partial charge in [0.15, 0.2) is 5.15 Å². The summed E-state index contributed by atoms with van der Waals surface area (Å²) in [6.45, 7) is 0.0342. The number of nitrogens with one attached hydrogen (secondary N) is 1. The van der Waals surface area contributed by atoms with Gasteiger partial charge < -0.3 is 20.7 Å². The average molecular weight is 522 g/mol. The van der Waals surface area contributed by atoms with E-state index in [1.807, 2.05) is 0 Å². The molecule has 32 heavy (non-hydrogen) atoms. The SMILES string of the molecule is COc1nc(Oc2ccc(CCO)cc2)c(Cl)nc1NS(=O)(=O)c1cccc(Cl)c1Cl.N. The van der Waals surface area contributed by atoms with Gasteiger partial charge in [-0.2, -0.15) is 4.98 Å². The van der Waals surface area contributed by atoms with Crippen LogP contribution in [0.15, 0.2) is 47.4 Å². The van der Waals surface area contributed by atoms with E-state index in [0.29, 0.717) is 12.2 Å². The molecule has 1 aromatic heterocycles. The Hall–Kier alpha value is -2.34. The molecule has 13 heteroatoms. The zero-order chi connectivity index (χ0) is 22.6. The Balaban J connectivity index is 0.00000363. The number of sulfonamides is 1. The second-order valence-corrected chi connectivity index (χ2v) is 8.85. The molecule has 0 aliphatic carbocycles. The number of aliphatic hydroxyl groups is 1. The number of anilines is 1. The van der Waals surface area contributed by atoms with Crippen molar-refractivity contribution in [3.05, 3.63) is 63.2 Å². The topological polar surface area (TPSA) is 146 Å². The van der Waals surface area contributed by atoms with Crippen molar-refractivity contribution in [2.75, 3.05) is 18.4 Å². The number of aliphatic hydroxyl groups excluding tert-OH is 1. The number of aromatic nitrogens is 2. The third kappa shape index (κ3) is 5.91. The predicted molar refractivity (Wildman–Crippen MR) is 123 cm³/mol. The van der Waals surface area contributed by atoms with Crippen molar-refractivity contribution in [1.82, 2.24) is 16.1 Å². The number of ether oxygens (including phenoxy) is 2. The summed E-state index contributed by atoms with van der Waals surface area (Å²) in [5.74, 6) is -0.0941. The Morgan fingerprint density at radius 2 is 1.72 bits per heavy atom. The van der Waals surface area contributed by atoms with Crippen LogP contribution in [0.5, 0.6) is 17.5 Å². The zero-order valence-electron chi connectivity index (χ0n) is 16.7. The van der Waals surface area contributed by atoms with Crippen LogP contribution in [0.2, 0.25) is 15.2 Å². The summed E-state index contributed by atoms with van der Waals surface area (Å²) in [6, 6.07) is 11.1. The first-order valence-electron chi connectivity index (χ1n) is 8.71. The number of nitrogens with zero attached hydrogens (tertiary/aromatic N) is 2. The first kappa shape index (κ1) is 25.9. The standard InChI is InChI=1S/C19H16Cl3N3O5S.H3N/c1-29-19-17(25-31(27,28)14-4-2-3-13(20)15(14)21)23-16(22)18(24-19)30-12-7-5-11(6-8-12)9-10-26;/h2-8,26H,9-10H2,1H3,(H,23,25);1H3. The van der Waals surface area contributed by atoms with E-state index in [9.17, 15) is 8.42 Å². The van der Waals surface area contributed by atoms with Gasteiger partial charge in [-0.05, 0) is 36.2 Å². The van der Waals surface area contributed by atoms with Gasteiger partial charge in [-0.1, -0.05) is 53.0 Å². The maximum atomic E-state index is 12.7. The molecule has 9 nitrogen and oxygen atoms in total. The first-order valence-corrected chi connectivity index (χ1v) is 11.3. The molecule has 0 saturated carbocycles. The van der Waals surface area contributed by atoms with Crippen LogP contribution >= 0.6 is 34.8 Å². The number of hydrogen-bond donors (Lipinski definition) is 3. The first-order chi connectivity index (χ1) is 14.7. The van der Waals surface area contributed by atoms with E-state index in [0.717, 1.165) is 5.56 Å². The minimum absolute atomic E-state index is 0. The Bertz CT molecular complexity index is 1190. The Morgan fingerprint density at radius 1 is 1.03 bits per heavy atom. The van der Waals surface area contributed by atoms with Crippen LogP contribution in [0.3, 0.4) is 0 Å². The molecule has 0 amide bonds. The molecule has 0 aliphatic rings. The van der Waals surface area contributed by atoms with Crippen molar-refractivity contribution < 1.29 is 23.0 Å². The lowest BCUT2D eigenvalue weighted by Crippen LogP contribution is -2.16. The third-order valence-corrected chi connectivity index (χ3v) is 6.52. The van der Waals surface area contributed by atoms with Crippen molar-refractivity contribution in [2.24, 2.45) is 0 Å². The summed E-state index contributed by atoms with van der Waals surface area (Å²) >= 11 is 18.1. The second-order valence-electron chi connectivity index (χ2n) is 6.05. The van der Waals surface area contributed by atoms with Crippen LogP contribution in [-0.2, 0) is 16.4 Å². The smallest absolute Gasteiger partial charge is 0.264 e. The van der Waals surface area contributed by atoms with Gasteiger partial charge in [0.05, 0.1) is 17.2 Å². The Labute approximate surface area is 199 Å². The van der Waals surface area contributed by atoms with Crippen LogP contribution in [0.4, 0.5) is 5.82 Å². The van der Waals surface area contributed by atoms with E-state index in [-0.39, 0.29) is 50.4 Å². The molecular formula is C19H19Cl3N4O5S. The third-order valence-electron chi connectivity index (χ3n) is 3.96. The highest BCUT2D eigenvalue weighted by atomic mass is 35.5. The van der Waals surface area contributed by atoms with E-state index in [1.165, 1.54) is 25.3 Å². The Kier molecular flexibility index (Phi) is 8.90. The van der Waals surface area contributed by atoms with Gasteiger partial charge in [0, 0.05) is 6.61 Å². The van der Waals surface area contributed by atoms with Crippen LogP contribution < -0.4 is 20.3 Å². The lowest BCUT2D eigenvalue weighted by molar-refractivity contribution is 0.299. The molecule has 0 saturated heterocycles. The highest BCUT2D eigenvalue weighted by Gasteiger charge is 2.24. The van der Waals surface area contributed by atoms with Crippen molar-refractivity contribution in [3.63, 3.8) is 0 Å². The van der Waals surface area contributed by atoms with Gasteiger partial charge in [0.2, 0.25) is 5.82 Å². The molecule has 0 aliphatic heterocycles. The molecule has 0 spiro atoms. The highest BCUT2D eigenvalue weighted by Crippen LogP contribution is 2.35. The van der Waals surface area contributed by atoms with Crippen LogP contribution in [0, 0.1) is 0 Å². The molecule has 0 fully saturated rings. The van der Waals surface area contributed by atoms with Crippen molar-refractivity contribution >= 4 is 50.6 Å². The predicted octanol–water partition coefficient (Wildman–Crippen LogP) is 4.74. The molecule has 0 unspecified atom stereocenters. The maximum absolute atomic E-state index is 12.7. The Morgan fingerprint density at radius 3 is 2.34 bits per heavy atom. The molecular weight excluding hydrogens is 503 g/mol. The highest BCUT2D eigenvalue weighted by molar-refractivity contribution is 7.92. The van der Waals surface area contributed by atoms with Gasteiger partial charge in [0.25, 0.3) is 21.8 Å². The molecule has 172 valence electrons. The largest absolute Gasteiger partial charge is 0.478 e. The van der Waals surface area contributed by atoms with Gasteiger partial charge in [-0.15, -0.1) is 0 Å². The summed E-state index contributed by atoms with van der Waals surface area (Å²) < 4.78 is 38.5. The van der Waals surface area contributed by atoms with Gasteiger partial charge in [-0.25, -0.2) is 13.4 Å². The quantitative estimate of drug-likeness (QED) is 0.385. The monoisotopic (exact) mass is 520 g/mol. The zero-order valence-corrected chi connectivity index (χ0v) is 19.8. The maximum Gasteiger partial charge on any atom is 0.264 e. The average Bonchev–Trinajstić information content (AvgIpc) is 2.73. The molecule has 2 aromatic carbocycles. The molecule has 0 bridgehead atoms. The van der Waals surface area contributed by atoms with E-state index in [4.69, 9.17) is 49.4 Å². The second kappa shape index (κ2) is 11.0. The summed E-state index contributed by atoms with van der Waals surface area (Å²) in [4.78, 5) is 7.86. The molecule has 0 atom stereocenters. The fraction of sp³-hybridized carbons (Fsp3) is 0.158. The summed E-state index contributed by atoms with van der Waals surface area (Å²) in [5, 5.41) is 8.72. The van der Waals surface area contributed by atoms with Crippen LogP contribution in [0.25, 0.3) is 0 Å². The molecule has 5 N–H and O–H groups in total. The molecule has 1 heterocycles. The number of methoxy groups -OCH3 is 1. The van der Waals surface area contributed by atoms with Crippen molar-refractivity contribution in [1.29, 1.82) is 0 Å².